The fourth-order valence-electron chi connectivity index (χ4n) is 2.36. The highest BCUT2D eigenvalue weighted by molar-refractivity contribution is 7.86. The molecule has 132 valence electrons. The molecule has 0 saturated heterocycles. The van der Waals surface area contributed by atoms with Gasteiger partial charge in [0.15, 0.2) is 0 Å². The van der Waals surface area contributed by atoms with Crippen molar-refractivity contribution in [3.05, 3.63) is 60.3 Å². The quantitative estimate of drug-likeness (QED) is 0.632. The number of hydrogen-bond acceptors (Lipinski definition) is 5. The van der Waals surface area contributed by atoms with E-state index in [4.69, 9.17) is 8.92 Å². The molecule has 1 heterocycles. The Kier molecular flexibility index (Phi) is 5.08. The SMILES string of the molecule is Cc1ccc(S(=O)(=O)OC[C@H](O)COc2cccc3[nH]ccc23)cc1. The van der Waals surface area contributed by atoms with Gasteiger partial charge in [-0.05, 0) is 37.3 Å². The number of rotatable bonds is 7. The minimum Gasteiger partial charge on any atom is -0.490 e. The van der Waals surface area contributed by atoms with Crippen molar-refractivity contribution in [2.24, 2.45) is 0 Å². The Morgan fingerprint density at radius 1 is 1.08 bits per heavy atom. The van der Waals surface area contributed by atoms with Gasteiger partial charge in [-0.3, -0.25) is 4.18 Å². The van der Waals surface area contributed by atoms with E-state index >= 15 is 0 Å². The van der Waals surface area contributed by atoms with Crippen molar-refractivity contribution in [1.82, 2.24) is 4.98 Å². The number of aliphatic hydroxyl groups is 1. The number of hydrogen-bond donors (Lipinski definition) is 2. The van der Waals surface area contributed by atoms with E-state index in [2.05, 4.69) is 4.98 Å². The molecule has 0 bridgehead atoms. The molecular formula is C18H19NO5S. The molecule has 3 rings (SSSR count). The molecule has 7 heteroatoms. The first-order valence-electron chi connectivity index (χ1n) is 7.79. The van der Waals surface area contributed by atoms with Crippen LogP contribution in [0.15, 0.2) is 59.6 Å². The van der Waals surface area contributed by atoms with Crippen LogP contribution in [-0.2, 0) is 14.3 Å². The van der Waals surface area contributed by atoms with Gasteiger partial charge in [0.2, 0.25) is 0 Å². The smallest absolute Gasteiger partial charge is 0.297 e. The molecule has 2 N–H and O–H groups in total. The number of fused-ring (bicyclic) bond motifs is 1. The zero-order valence-corrected chi connectivity index (χ0v) is 14.5. The largest absolute Gasteiger partial charge is 0.490 e. The number of aryl methyl sites for hydroxylation is 1. The molecule has 0 radical (unpaired) electrons. The van der Waals surface area contributed by atoms with E-state index < -0.39 is 16.2 Å². The summed E-state index contributed by atoms with van der Waals surface area (Å²) in [5.41, 5.74) is 1.87. The Hall–Kier alpha value is -2.35. The molecule has 6 nitrogen and oxygen atoms in total. The molecule has 3 aromatic rings. The number of H-pyrrole nitrogens is 1. The van der Waals surface area contributed by atoms with Gasteiger partial charge in [0, 0.05) is 17.1 Å². The summed E-state index contributed by atoms with van der Waals surface area (Å²) in [5.74, 6) is 0.610. The molecule has 0 aliphatic carbocycles. The molecule has 0 aliphatic heterocycles. The topological polar surface area (TPSA) is 88.6 Å². The first kappa shape index (κ1) is 17.5. The number of benzene rings is 2. The van der Waals surface area contributed by atoms with Gasteiger partial charge in [-0.25, -0.2) is 0 Å². The van der Waals surface area contributed by atoms with E-state index in [0.717, 1.165) is 16.5 Å². The van der Waals surface area contributed by atoms with Crippen molar-refractivity contribution >= 4 is 21.0 Å². The van der Waals surface area contributed by atoms with E-state index in [1.165, 1.54) is 12.1 Å². The fraction of sp³-hybridized carbons (Fsp3) is 0.222. The molecule has 0 spiro atoms. The molecule has 2 aromatic carbocycles. The van der Waals surface area contributed by atoms with Gasteiger partial charge in [-0.1, -0.05) is 23.8 Å². The second kappa shape index (κ2) is 7.26. The highest BCUT2D eigenvalue weighted by Gasteiger charge is 2.18. The van der Waals surface area contributed by atoms with Crippen molar-refractivity contribution in [3.8, 4) is 5.75 Å². The fourth-order valence-corrected chi connectivity index (χ4v) is 3.30. The van der Waals surface area contributed by atoms with Crippen molar-refractivity contribution in [2.75, 3.05) is 13.2 Å². The molecule has 1 aromatic heterocycles. The van der Waals surface area contributed by atoms with Crippen LogP contribution in [0.2, 0.25) is 0 Å². The molecule has 0 fully saturated rings. The summed E-state index contributed by atoms with van der Waals surface area (Å²) in [6, 6.07) is 13.7. The first-order valence-corrected chi connectivity index (χ1v) is 9.19. The summed E-state index contributed by atoms with van der Waals surface area (Å²) >= 11 is 0. The van der Waals surface area contributed by atoms with Crippen LogP contribution in [0, 0.1) is 6.92 Å². The summed E-state index contributed by atoms with van der Waals surface area (Å²) in [6.45, 7) is 1.41. The van der Waals surface area contributed by atoms with E-state index in [9.17, 15) is 13.5 Å². The maximum absolute atomic E-state index is 12.1. The van der Waals surface area contributed by atoms with E-state index in [-0.39, 0.29) is 18.1 Å². The Labute approximate surface area is 146 Å². The molecule has 0 saturated carbocycles. The lowest BCUT2D eigenvalue weighted by atomic mass is 10.2. The Bertz CT molecular complexity index is 947. The van der Waals surface area contributed by atoms with Gasteiger partial charge in [0.05, 0.1) is 11.5 Å². The normalized spacial score (nSPS) is 13.0. The van der Waals surface area contributed by atoms with E-state index in [1.54, 1.807) is 24.4 Å². The van der Waals surface area contributed by atoms with Crippen molar-refractivity contribution in [3.63, 3.8) is 0 Å². The lowest BCUT2D eigenvalue weighted by Crippen LogP contribution is -2.25. The Morgan fingerprint density at radius 2 is 1.84 bits per heavy atom. The van der Waals surface area contributed by atoms with Crippen LogP contribution in [0.4, 0.5) is 0 Å². The summed E-state index contributed by atoms with van der Waals surface area (Å²) in [7, 11) is -3.90. The predicted octanol–water partition coefficient (Wildman–Crippen LogP) is 2.62. The van der Waals surface area contributed by atoms with E-state index in [1.807, 2.05) is 25.1 Å². The standard InChI is InChI=1S/C18H19NO5S/c1-13-5-7-15(8-6-13)25(21,22)24-12-14(20)11-23-18-4-2-3-17-16(18)9-10-19-17/h2-10,14,19-20H,11-12H2,1H3/t14-/m1/s1. The van der Waals surface area contributed by atoms with E-state index in [0.29, 0.717) is 5.75 Å². The third kappa shape index (κ3) is 4.19. The van der Waals surface area contributed by atoms with Crippen molar-refractivity contribution < 1.29 is 22.4 Å². The molecular weight excluding hydrogens is 342 g/mol. The van der Waals surface area contributed by atoms with Crippen LogP contribution >= 0.6 is 0 Å². The Morgan fingerprint density at radius 3 is 2.60 bits per heavy atom. The number of aromatic nitrogens is 1. The lowest BCUT2D eigenvalue weighted by Gasteiger charge is -2.13. The Balaban J connectivity index is 1.57. The third-order valence-corrected chi connectivity index (χ3v) is 5.01. The monoisotopic (exact) mass is 361 g/mol. The zero-order chi connectivity index (χ0) is 17.9. The minimum absolute atomic E-state index is 0.0586. The summed E-state index contributed by atoms with van der Waals surface area (Å²) in [4.78, 5) is 3.13. The number of nitrogens with one attached hydrogen (secondary N) is 1. The van der Waals surface area contributed by atoms with Crippen molar-refractivity contribution in [1.29, 1.82) is 0 Å². The summed E-state index contributed by atoms with van der Waals surface area (Å²) in [5, 5.41) is 10.9. The summed E-state index contributed by atoms with van der Waals surface area (Å²) < 4.78 is 34.7. The van der Waals surface area contributed by atoms with Gasteiger partial charge >= 0.3 is 0 Å². The second-order valence-corrected chi connectivity index (χ2v) is 7.33. The minimum atomic E-state index is -3.90. The van der Waals surface area contributed by atoms with Crippen LogP contribution in [-0.4, -0.2) is 37.8 Å². The van der Waals surface area contributed by atoms with Gasteiger partial charge in [-0.2, -0.15) is 8.42 Å². The average Bonchev–Trinajstić information content (AvgIpc) is 3.08. The molecule has 0 amide bonds. The molecule has 25 heavy (non-hydrogen) atoms. The third-order valence-electron chi connectivity index (χ3n) is 3.71. The van der Waals surface area contributed by atoms with Crippen LogP contribution in [0.3, 0.4) is 0 Å². The number of aliphatic hydroxyl groups excluding tert-OH is 1. The predicted molar refractivity (Wildman–Crippen MR) is 94.1 cm³/mol. The van der Waals surface area contributed by atoms with Crippen LogP contribution in [0.5, 0.6) is 5.75 Å². The van der Waals surface area contributed by atoms with Crippen molar-refractivity contribution in [2.45, 2.75) is 17.9 Å². The van der Waals surface area contributed by atoms with Gasteiger partial charge in [-0.15, -0.1) is 0 Å². The number of aromatic amines is 1. The van der Waals surface area contributed by atoms with Crippen LogP contribution < -0.4 is 4.74 Å². The maximum Gasteiger partial charge on any atom is 0.297 e. The molecule has 1 atom stereocenters. The zero-order valence-electron chi connectivity index (χ0n) is 13.7. The maximum atomic E-state index is 12.1. The highest BCUT2D eigenvalue weighted by Crippen LogP contribution is 2.24. The van der Waals surface area contributed by atoms with Gasteiger partial charge < -0.3 is 14.8 Å². The molecule has 0 aliphatic rings. The van der Waals surface area contributed by atoms with Gasteiger partial charge in [0.25, 0.3) is 10.1 Å². The number of ether oxygens (including phenoxy) is 1. The second-order valence-electron chi connectivity index (χ2n) is 5.71. The lowest BCUT2D eigenvalue weighted by molar-refractivity contribution is 0.0654. The van der Waals surface area contributed by atoms with Gasteiger partial charge in [0.1, 0.15) is 18.5 Å². The highest BCUT2D eigenvalue weighted by atomic mass is 32.2. The molecule has 0 unspecified atom stereocenters. The first-order chi connectivity index (χ1) is 12.0. The van der Waals surface area contributed by atoms with Crippen LogP contribution in [0.25, 0.3) is 10.9 Å². The average molecular weight is 361 g/mol. The van der Waals surface area contributed by atoms with Crippen LogP contribution in [0.1, 0.15) is 5.56 Å². The summed E-state index contributed by atoms with van der Waals surface area (Å²) in [6.07, 6.45) is 0.722.